The van der Waals surface area contributed by atoms with E-state index in [-0.39, 0.29) is 11.9 Å². The van der Waals surface area contributed by atoms with E-state index in [9.17, 15) is 4.79 Å². The first-order valence-corrected chi connectivity index (χ1v) is 5.03. The molecule has 1 aliphatic heterocycles. The molecule has 1 aromatic rings. The summed E-state index contributed by atoms with van der Waals surface area (Å²) in [5.41, 5.74) is 6.22. The predicted octanol–water partition coefficient (Wildman–Crippen LogP) is -1.22. The van der Waals surface area contributed by atoms with Gasteiger partial charge in [-0.1, -0.05) is 0 Å². The van der Waals surface area contributed by atoms with Gasteiger partial charge in [-0.2, -0.15) is 5.10 Å². The van der Waals surface area contributed by atoms with Gasteiger partial charge >= 0.3 is 0 Å². The van der Waals surface area contributed by atoms with Gasteiger partial charge in [0.2, 0.25) is 0 Å². The number of piperazine rings is 1. The summed E-state index contributed by atoms with van der Waals surface area (Å²) in [6, 6.07) is 0.0844. The first-order chi connectivity index (χ1) is 7.33. The third-order valence-electron chi connectivity index (χ3n) is 2.63. The van der Waals surface area contributed by atoms with Crippen LogP contribution < -0.4 is 11.1 Å². The van der Waals surface area contributed by atoms with E-state index in [0.717, 1.165) is 13.1 Å². The van der Waals surface area contributed by atoms with E-state index >= 15 is 0 Å². The molecule has 0 radical (unpaired) electrons. The number of amides is 1. The maximum atomic E-state index is 12.0. The molecule has 1 atom stereocenters. The number of aromatic nitrogens is 2. The number of aromatic amines is 1. The maximum Gasteiger partial charge on any atom is 0.257 e. The van der Waals surface area contributed by atoms with Crippen molar-refractivity contribution >= 4 is 5.91 Å². The van der Waals surface area contributed by atoms with Gasteiger partial charge in [-0.15, -0.1) is 0 Å². The standard InChI is InChI=1S/C9H15N5O/c10-3-8-6-11-1-2-14(8)9(15)7-4-12-13-5-7/h4-5,8,11H,1-3,6,10H2,(H,12,13). The number of H-pyrrole nitrogens is 1. The third kappa shape index (κ3) is 2.00. The van der Waals surface area contributed by atoms with Gasteiger partial charge in [0.05, 0.1) is 17.8 Å². The average Bonchev–Trinajstić information content (AvgIpc) is 2.81. The summed E-state index contributed by atoms with van der Waals surface area (Å²) in [5, 5.41) is 9.63. The highest BCUT2D eigenvalue weighted by Crippen LogP contribution is 2.08. The molecule has 2 rings (SSSR count). The van der Waals surface area contributed by atoms with Crippen molar-refractivity contribution in [3.05, 3.63) is 18.0 Å². The normalized spacial score (nSPS) is 21.7. The number of nitrogens with one attached hydrogen (secondary N) is 2. The largest absolute Gasteiger partial charge is 0.332 e. The summed E-state index contributed by atoms with van der Waals surface area (Å²) in [6.07, 6.45) is 3.15. The van der Waals surface area contributed by atoms with E-state index in [2.05, 4.69) is 15.5 Å². The third-order valence-corrected chi connectivity index (χ3v) is 2.63. The molecule has 82 valence electrons. The van der Waals surface area contributed by atoms with Crippen LogP contribution >= 0.6 is 0 Å². The smallest absolute Gasteiger partial charge is 0.257 e. The highest BCUT2D eigenvalue weighted by Gasteiger charge is 2.26. The monoisotopic (exact) mass is 209 g/mol. The Morgan fingerprint density at radius 3 is 3.27 bits per heavy atom. The molecular weight excluding hydrogens is 194 g/mol. The second-order valence-corrected chi connectivity index (χ2v) is 3.58. The summed E-state index contributed by atoms with van der Waals surface area (Å²) >= 11 is 0. The SMILES string of the molecule is NCC1CNCCN1C(=O)c1cn[nH]c1. The minimum Gasteiger partial charge on any atom is -0.332 e. The lowest BCUT2D eigenvalue weighted by Crippen LogP contribution is -2.56. The Kier molecular flexibility index (Phi) is 2.98. The topological polar surface area (TPSA) is 87.0 Å². The summed E-state index contributed by atoms with van der Waals surface area (Å²) in [6.45, 7) is 2.77. The van der Waals surface area contributed by atoms with E-state index in [0.29, 0.717) is 18.7 Å². The zero-order valence-electron chi connectivity index (χ0n) is 8.44. The summed E-state index contributed by atoms with van der Waals surface area (Å²) in [4.78, 5) is 13.8. The molecule has 1 fully saturated rings. The van der Waals surface area contributed by atoms with Gasteiger partial charge in [0.15, 0.2) is 0 Å². The van der Waals surface area contributed by atoms with Gasteiger partial charge in [0.25, 0.3) is 5.91 Å². The van der Waals surface area contributed by atoms with Crippen molar-refractivity contribution in [2.24, 2.45) is 5.73 Å². The molecule has 6 heteroatoms. The zero-order valence-corrected chi connectivity index (χ0v) is 8.44. The van der Waals surface area contributed by atoms with Crippen LogP contribution in [0.25, 0.3) is 0 Å². The number of carbonyl (C=O) groups excluding carboxylic acids is 1. The van der Waals surface area contributed by atoms with Gasteiger partial charge < -0.3 is 16.0 Å². The Hall–Kier alpha value is -1.40. The van der Waals surface area contributed by atoms with Gasteiger partial charge in [-0.05, 0) is 0 Å². The molecule has 1 unspecified atom stereocenters. The quantitative estimate of drug-likeness (QED) is 0.570. The molecule has 1 aliphatic rings. The fourth-order valence-corrected chi connectivity index (χ4v) is 1.77. The van der Waals surface area contributed by atoms with Crippen LogP contribution in [0.4, 0.5) is 0 Å². The lowest BCUT2D eigenvalue weighted by Gasteiger charge is -2.35. The second-order valence-electron chi connectivity index (χ2n) is 3.58. The molecule has 4 N–H and O–H groups in total. The van der Waals surface area contributed by atoms with E-state index in [1.807, 2.05) is 0 Å². The molecular formula is C9H15N5O. The Morgan fingerprint density at radius 2 is 2.60 bits per heavy atom. The first-order valence-electron chi connectivity index (χ1n) is 5.03. The number of nitrogens with two attached hydrogens (primary N) is 1. The number of rotatable bonds is 2. The Bertz CT molecular complexity index is 323. The fraction of sp³-hybridized carbons (Fsp3) is 0.556. The average molecular weight is 209 g/mol. The number of hydrogen-bond acceptors (Lipinski definition) is 4. The lowest BCUT2D eigenvalue weighted by molar-refractivity contribution is 0.0645. The van der Waals surface area contributed by atoms with Crippen molar-refractivity contribution in [3.8, 4) is 0 Å². The van der Waals surface area contributed by atoms with Crippen LogP contribution in [0.3, 0.4) is 0 Å². The molecule has 0 spiro atoms. The molecule has 2 heterocycles. The molecule has 0 saturated carbocycles. The van der Waals surface area contributed by atoms with Gasteiger partial charge in [0, 0.05) is 32.4 Å². The first kappa shape index (κ1) is 10.1. The van der Waals surface area contributed by atoms with Crippen LogP contribution in [0.5, 0.6) is 0 Å². The van der Waals surface area contributed by atoms with Gasteiger partial charge in [0.1, 0.15) is 0 Å². The van der Waals surface area contributed by atoms with Crippen LogP contribution in [-0.4, -0.2) is 53.2 Å². The molecule has 0 aromatic carbocycles. The Balaban J connectivity index is 2.11. The van der Waals surface area contributed by atoms with Crippen LogP contribution in [0, 0.1) is 0 Å². The van der Waals surface area contributed by atoms with Gasteiger partial charge in [-0.25, -0.2) is 0 Å². The Morgan fingerprint density at radius 1 is 1.73 bits per heavy atom. The van der Waals surface area contributed by atoms with E-state index in [4.69, 9.17) is 5.73 Å². The van der Waals surface area contributed by atoms with Crippen molar-refractivity contribution in [2.45, 2.75) is 6.04 Å². The molecule has 0 bridgehead atoms. The van der Waals surface area contributed by atoms with Crippen molar-refractivity contribution in [3.63, 3.8) is 0 Å². The molecule has 6 nitrogen and oxygen atoms in total. The molecule has 1 saturated heterocycles. The predicted molar refractivity (Wildman–Crippen MR) is 55.3 cm³/mol. The molecule has 1 amide bonds. The highest BCUT2D eigenvalue weighted by molar-refractivity contribution is 5.94. The number of nitrogens with zero attached hydrogens (tertiary/aromatic N) is 2. The number of carbonyl (C=O) groups is 1. The van der Waals surface area contributed by atoms with E-state index < -0.39 is 0 Å². The Labute approximate surface area is 87.8 Å². The van der Waals surface area contributed by atoms with E-state index in [1.54, 1.807) is 11.1 Å². The van der Waals surface area contributed by atoms with E-state index in [1.165, 1.54) is 6.20 Å². The minimum absolute atomic E-state index is 0.000648. The molecule has 0 aliphatic carbocycles. The van der Waals surface area contributed by atoms with Crippen LogP contribution in [0.15, 0.2) is 12.4 Å². The highest BCUT2D eigenvalue weighted by atomic mass is 16.2. The van der Waals surface area contributed by atoms with Crippen LogP contribution in [-0.2, 0) is 0 Å². The van der Waals surface area contributed by atoms with Crippen molar-refractivity contribution in [1.82, 2.24) is 20.4 Å². The summed E-state index contributed by atoms with van der Waals surface area (Å²) in [5.74, 6) is 0.000648. The zero-order chi connectivity index (χ0) is 10.7. The maximum absolute atomic E-state index is 12.0. The van der Waals surface area contributed by atoms with Gasteiger partial charge in [-0.3, -0.25) is 9.89 Å². The second kappa shape index (κ2) is 4.41. The fourth-order valence-electron chi connectivity index (χ4n) is 1.77. The van der Waals surface area contributed by atoms with Crippen molar-refractivity contribution in [2.75, 3.05) is 26.2 Å². The van der Waals surface area contributed by atoms with Crippen LogP contribution in [0.2, 0.25) is 0 Å². The minimum atomic E-state index is 0.000648. The summed E-state index contributed by atoms with van der Waals surface area (Å²) < 4.78 is 0. The van der Waals surface area contributed by atoms with Crippen molar-refractivity contribution in [1.29, 1.82) is 0 Å². The molecule has 15 heavy (non-hydrogen) atoms. The number of hydrogen-bond donors (Lipinski definition) is 3. The lowest BCUT2D eigenvalue weighted by atomic mass is 10.1. The molecule has 1 aromatic heterocycles. The van der Waals surface area contributed by atoms with Crippen LogP contribution in [0.1, 0.15) is 10.4 Å². The summed E-state index contributed by atoms with van der Waals surface area (Å²) in [7, 11) is 0. The van der Waals surface area contributed by atoms with Crippen molar-refractivity contribution < 1.29 is 4.79 Å².